The van der Waals surface area contributed by atoms with E-state index in [1.54, 1.807) is 19.4 Å². The van der Waals surface area contributed by atoms with Crippen molar-refractivity contribution >= 4 is 17.3 Å². The fraction of sp³-hybridized carbons (Fsp3) is 0.500. The first-order valence-corrected chi connectivity index (χ1v) is 4.82. The molecule has 0 aliphatic carbocycles. The van der Waals surface area contributed by atoms with Crippen molar-refractivity contribution in [1.29, 1.82) is 0 Å². The third-order valence-corrected chi connectivity index (χ3v) is 2.36. The van der Waals surface area contributed by atoms with Crippen molar-refractivity contribution in [2.24, 2.45) is 0 Å². The van der Waals surface area contributed by atoms with E-state index in [0.717, 1.165) is 5.69 Å². The Morgan fingerprint density at radius 1 is 1.77 bits per heavy atom. The molecular formula is C8H12N2O2S. The summed E-state index contributed by atoms with van der Waals surface area (Å²) in [6.07, 6.45) is 0. The number of hydrogen-bond acceptors (Lipinski definition) is 4. The van der Waals surface area contributed by atoms with Crippen molar-refractivity contribution in [1.82, 2.24) is 10.3 Å². The summed E-state index contributed by atoms with van der Waals surface area (Å²) < 4.78 is 0. The molecule has 0 aliphatic heterocycles. The lowest BCUT2D eigenvalue weighted by Crippen LogP contribution is -2.46. The number of aromatic nitrogens is 1. The molecule has 1 aromatic rings. The fourth-order valence-corrected chi connectivity index (χ4v) is 1.27. The van der Waals surface area contributed by atoms with Crippen molar-refractivity contribution in [3.63, 3.8) is 0 Å². The third-order valence-electron chi connectivity index (χ3n) is 1.73. The van der Waals surface area contributed by atoms with Gasteiger partial charge in [-0.1, -0.05) is 0 Å². The summed E-state index contributed by atoms with van der Waals surface area (Å²) in [5.74, 6) is -0.859. The molecule has 0 saturated carbocycles. The monoisotopic (exact) mass is 200 g/mol. The van der Waals surface area contributed by atoms with Gasteiger partial charge in [0.25, 0.3) is 0 Å². The molecule has 0 fully saturated rings. The van der Waals surface area contributed by atoms with E-state index in [-0.39, 0.29) is 0 Å². The first-order chi connectivity index (χ1) is 6.02. The summed E-state index contributed by atoms with van der Waals surface area (Å²) >= 11 is 1.50. The molecule has 1 heterocycles. The first kappa shape index (κ1) is 10.1. The highest BCUT2D eigenvalue weighted by atomic mass is 32.1. The highest BCUT2D eigenvalue weighted by Crippen LogP contribution is 2.05. The molecule has 0 bridgehead atoms. The molecule has 0 unspecified atom stereocenters. The van der Waals surface area contributed by atoms with E-state index >= 15 is 0 Å². The molecule has 0 aromatic carbocycles. The Kier molecular flexibility index (Phi) is 3.00. The van der Waals surface area contributed by atoms with E-state index in [4.69, 9.17) is 5.11 Å². The lowest BCUT2D eigenvalue weighted by molar-refractivity contribution is -0.143. The van der Waals surface area contributed by atoms with Crippen LogP contribution >= 0.6 is 11.3 Å². The average molecular weight is 200 g/mol. The van der Waals surface area contributed by atoms with E-state index < -0.39 is 11.5 Å². The van der Waals surface area contributed by atoms with Crippen molar-refractivity contribution in [2.45, 2.75) is 25.9 Å². The number of nitrogens with one attached hydrogen (secondary N) is 1. The van der Waals surface area contributed by atoms with Crippen LogP contribution in [0.25, 0.3) is 0 Å². The predicted octanol–water partition coefficient (Wildman–Crippen LogP) is 1.10. The Morgan fingerprint density at radius 3 is 2.92 bits per heavy atom. The van der Waals surface area contributed by atoms with Crippen LogP contribution in [0.2, 0.25) is 0 Å². The second-order valence-electron chi connectivity index (χ2n) is 3.26. The molecule has 2 N–H and O–H groups in total. The Hall–Kier alpha value is -0.940. The van der Waals surface area contributed by atoms with E-state index in [1.165, 1.54) is 11.3 Å². The molecule has 72 valence electrons. The second kappa shape index (κ2) is 3.85. The largest absolute Gasteiger partial charge is 0.480 e. The summed E-state index contributed by atoms with van der Waals surface area (Å²) in [5, 5.41) is 13.6. The molecule has 0 aliphatic rings. The molecule has 1 aromatic heterocycles. The van der Waals surface area contributed by atoms with E-state index in [9.17, 15) is 4.79 Å². The molecule has 0 radical (unpaired) electrons. The zero-order valence-corrected chi connectivity index (χ0v) is 8.39. The minimum atomic E-state index is -0.899. The smallest absolute Gasteiger partial charge is 0.323 e. The van der Waals surface area contributed by atoms with Crippen LogP contribution < -0.4 is 5.32 Å². The van der Waals surface area contributed by atoms with Gasteiger partial charge in [-0.2, -0.15) is 0 Å². The minimum Gasteiger partial charge on any atom is -0.480 e. The van der Waals surface area contributed by atoms with Crippen molar-refractivity contribution in [3.8, 4) is 0 Å². The summed E-state index contributed by atoms with van der Waals surface area (Å²) in [4.78, 5) is 14.7. The lowest BCUT2D eigenvalue weighted by atomic mass is 10.1. The van der Waals surface area contributed by atoms with Crippen LogP contribution in [0.4, 0.5) is 0 Å². The number of carboxylic acids is 1. The highest BCUT2D eigenvalue weighted by Gasteiger charge is 2.25. The van der Waals surface area contributed by atoms with Gasteiger partial charge in [-0.15, -0.1) is 11.3 Å². The highest BCUT2D eigenvalue weighted by molar-refractivity contribution is 7.07. The molecule has 0 amide bonds. The predicted molar refractivity (Wildman–Crippen MR) is 50.7 cm³/mol. The average Bonchev–Trinajstić information content (AvgIpc) is 2.52. The van der Waals surface area contributed by atoms with Gasteiger partial charge in [0.15, 0.2) is 0 Å². The number of hydrogen-bond donors (Lipinski definition) is 2. The minimum absolute atomic E-state index is 0.489. The normalized spacial score (nSPS) is 11.5. The second-order valence-corrected chi connectivity index (χ2v) is 3.98. The number of carbonyl (C=O) groups is 1. The molecule has 0 atom stereocenters. The topological polar surface area (TPSA) is 62.2 Å². The molecule has 0 saturated heterocycles. The van der Waals surface area contributed by atoms with Crippen LogP contribution in [0.5, 0.6) is 0 Å². The zero-order valence-electron chi connectivity index (χ0n) is 7.57. The Labute approximate surface area is 80.6 Å². The number of aliphatic carboxylic acids is 1. The van der Waals surface area contributed by atoms with Crippen LogP contribution in [0, 0.1) is 0 Å². The van der Waals surface area contributed by atoms with Gasteiger partial charge in [0.2, 0.25) is 0 Å². The van der Waals surface area contributed by atoms with E-state index in [0.29, 0.717) is 6.54 Å². The number of thiazole rings is 1. The number of nitrogens with zero attached hydrogens (tertiary/aromatic N) is 1. The van der Waals surface area contributed by atoms with Gasteiger partial charge in [0.1, 0.15) is 5.54 Å². The summed E-state index contributed by atoms with van der Waals surface area (Å²) in [5.41, 5.74) is 1.70. The quantitative estimate of drug-likeness (QED) is 0.764. The van der Waals surface area contributed by atoms with Crippen LogP contribution in [0.15, 0.2) is 10.9 Å². The standard InChI is InChI=1S/C8H12N2O2S/c1-8(2,7(11)12)10-3-6-4-13-5-9-6/h4-5,10H,3H2,1-2H3,(H,11,12). The summed E-state index contributed by atoms with van der Waals surface area (Å²) in [6, 6.07) is 0. The summed E-state index contributed by atoms with van der Waals surface area (Å²) in [6.45, 7) is 3.74. The molecule has 13 heavy (non-hydrogen) atoms. The van der Waals surface area contributed by atoms with E-state index in [2.05, 4.69) is 10.3 Å². The first-order valence-electron chi connectivity index (χ1n) is 3.88. The fourth-order valence-electron chi connectivity index (χ4n) is 0.712. The van der Waals surface area contributed by atoms with Gasteiger partial charge in [-0.25, -0.2) is 4.98 Å². The Bertz CT molecular complexity index is 282. The van der Waals surface area contributed by atoms with Crippen molar-refractivity contribution in [3.05, 3.63) is 16.6 Å². The van der Waals surface area contributed by atoms with Gasteiger partial charge in [0, 0.05) is 11.9 Å². The van der Waals surface area contributed by atoms with Gasteiger partial charge >= 0.3 is 5.97 Å². The molecular weight excluding hydrogens is 188 g/mol. The zero-order chi connectivity index (χ0) is 9.90. The number of carboxylic acid groups (broad SMARTS) is 1. The van der Waals surface area contributed by atoms with Crippen molar-refractivity contribution in [2.75, 3.05) is 0 Å². The van der Waals surface area contributed by atoms with Gasteiger partial charge < -0.3 is 5.11 Å². The maximum atomic E-state index is 10.7. The Balaban J connectivity index is 2.47. The van der Waals surface area contributed by atoms with Crippen LogP contribution in [-0.4, -0.2) is 21.6 Å². The maximum absolute atomic E-state index is 10.7. The Morgan fingerprint density at radius 2 is 2.46 bits per heavy atom. The van der Waals surface area contributed by atoms with Crippen LogP contribution in [0.1, 0.15) is 19.5 Å². The third kappa shape index (κ3) is 2.78. The van der Waals surface area contributed by atoms with Crippen LogP contribution in [-0.2, 0) is 11.3 Å². The van der Waals surface area contributed by atoms with Gasteiger partial charge in [0.05, 0.1) is 11.2 Å². The van der Waals surface area contributed by atoms with Crippen molar-refractivity contribution < 1.29 is 9.90 Å². The lowest BCUT2D eigenvalue weighted by Gasteiger charge is -2.20. The van der Waals surface area contributed by atoms with Crippen LogP contribution in [0.3, 0.4) is 0 Å². The van der Waals surface area contributed by atoms with E-state index in [1.807, 2.05) is 5.38 Å². The molecule has 5 heteroatoms. The van der Waals surface area contributed by atoms with Gasteiger partial charge in [-0.05, 0) is 13.8 Å². The molecule has 1 rings (SSSR count). The van der Waals surface area contributed by atoms with Gasteiger partial charge in [-0.3, -0.25) is 10.1 Å². The molecule has 0 spiro atoms. The SMILES string of the molecule is CC(C)(NCc1cscn1)C(=O)O. The summed E-state index contributed by atoms with van der Waals surface area (Å²) in [7, 11) is 0. The molecule has 4 nitrogen and oxygen atoms in total. The maximum Gasteiger partial charge on any atom is 0.323 e. The number of rotatable bonds is 4.